The summed E-state index contributed by atoms with van der Waals surface area (Å²) in [5.41, 5.74) is 1.14. The Morgan fingerprint density at radius 3 is 2.52 bits per heavy atom. The minimum Gasteiger partial charge on any atom is -0.322 e. The van der Waals surface area contributed by atoms with E-state index in [2.05, 4.69) is 10.6 Å². The Hall–Kier alpha value is -1.88. The summed E-state index contributed by atoms with van der Waals surface area (Å²) >= 11 is 0. The van der Waals surface area contributed by atoms with E-state index >= 15 is 0 Å². The number of benzene rings is 1. The lowest BCUT2D eigenvalue weighted by Crippen LogP contribution is -2.62. The summed E-state index contributed by atoms with van der Waals surface area (Å²) in [7, 11) is 0. The van der Waals surface area contributed by atoms with E-state index in [1.54, 1.807) is 0 Å². The van der Waals surface area contributed by atoms with Gasteiger partial charge < -0.3 is 5.32 Å². The van der Waals surface area contributed by atoms with Crippen LogP contribution in [-0.2, 0) is 4.79 Å². The van der Waals surface area contributed by atoms with E-state index in [4.69, 9.17) is 0 Å². The third-order valence-corrected chi connectivity index (χ3v) is 4.35. The quantitative estimate of drug-likeness (QED) is 0.892. The minimum absolute atomic E-state index is 0.0683. The van der Waals surface area contributed by atoms with Gasteiger partial charge in [-0.2, -0.15) is 0 Å². The molecule has 2 N–H and O–H groups in total. The van der Waals surface area contributed by atoms with Crippen molar-refractivity contribution < 1.29 is 9.59 Å². The Kier molecular flexibility index (Phi) is 3.92. The maximum atomic E-state index is 12.2. The summed E-state index contributed by atoms with van der Waals surface area (Å²) in [6, 6.07) is 9.94. The van der Waals surface area contributed by atoms with Crippen molar-refractivity contribution in [1.29, 1.82) is 0 Å². The van der Waals surface area contributed by atoms with Crippen LogP contribution in [0.25, 0.3) is 0 Å². The fourth-order valence-electron chi connectivity index (χ4n) is 2.91. The van der Waals surface area contributed by atoms with Crippen LogP contribution >= 0.6 is 0 Å². The van der Waals surface area contributed by atoms with Crippen LogP contribution in [0.3, 0.4) is 0 Å². The van der Waals surface area contributed by atoms with E-state index in [1.165, 1.54) is 4.90 Å². The lowest BCUT2D eigenvalue weighted by Gasteiger charge is -2.41. The molecule has 0 radical (unpaired) electrons. The van der Waals surface area contributed by atoms with E-state index in [1.807, 2.05) is 37.3 Å². The second-order valence-electron chi connectivity index (χ2n) is 5.85. The molecule has 3 amide bonds. The van der Waals surface area contributed by atoms with Crippen LogP contribution in [0.5, 0.6) is 0 Å². The molecular formula is C16H21N3O2. The summed E-state index contributed by atoms with van der Waals surface area (Å²) in [6.07, 6.45) is 3.01. The van der Waals surface area contributed by atoms with E-state index < -0.39 is 0 Å². The number of imide groups is 1. The first-order valence-corrected chi connectivity index (χ1v) is 7.58. The van der Waals surface area contributed by atoms with Gasteiger partial charge in [0.2, 0.25) is 5.91 Å². The summed E-state index contributed by atoms with van der Waals surface area (Å²) in [5.74, 6) is -0.0683. The minimum atomic E-state index is -0.295. The molecule has 0 spiro atoms. The maximum Gasteiger partial charge on any atom is 0.325 e. The molecular weight excluding hydrogens is 266 g/mol. The zero-order chi connectivity index (χ0) is 14.8. The number of urea groups is 1. The van der Waals surface area contributed by atoms with Gasteiger partial charge in [-0.1, -0.05) is 30.3 Å². The molecule has 1 saturated heterocycles. The van der Waals surface area contributed by atoms with Crippen molar-refractivity contribution in [2.45, 2.75) is 50.9 Å². The highest BCUT2D eigenvalue weighted by atomic mass is 16.2. The van der Waals surface area contributed by atoms with Gasteiger partial charge >= 0.3 is 6.03 Å². The van der Waals surface area contributed by atoms with Gasteiger partial charge in [-0.05, 0) is 31.7 Å². The summed E-state index contributed by atoms with van der Waals surface area (Å²) in [4.78, 5) is 25.7. The van der Waals surface area contributed by atoms with Gasteiger partial charge in [0.05, 0.1) is 12.6 Å². The molecule has 2 atom stereocenters. The molecule has 0 aromatic heterocycles. The average Bonchev–Trinajstić information content (AvgIpc) is 2.41. The number of carbonyl (C=O) groups excluding carboxylic acids is 2. The molecule has 1 unspecified atom stereocenters. The van der Waals surface area contributed by atoms with Crippen molar-refractivity contribution >= 4 is 11.9 Å². The van der Waals surface area contributed by atoms with Gasteiger partial charge in [-0.3, -0.25) is 15.0 Å². The fraction of sp³-hybridized carbons (Fsp3) is 0.500. The molecule has 2 aliphatic rings. The molecule has 0 bridgehead atoms. The molecule has 3 rings (SSSR count). The predicted molar refractivity (Wildman–Crippen MR) is 79.4 cm³/mol. The molecule has 1 heterocycles. The van der Waals surface area contributed by atoms with Crippen LogP contribution in [0.1, 0.15) is 44.2 Å². The highest BCUT2D eigenvalue weighted by molar-refractivity contribution is 5.97. The molecule has 1 aromatic rings. The summed E-state index contributed by atoms with van der Waals surface area (Å²) < 4.78 is 0. The van der Waals surface area contributed by atoms with E-state index in [9.17, 15) is 9.59 Å². The van der Waals surface area contributed by atoms with Crippen molar-refractivity contribution in [3.63, 3.8) is 0 Å². The third kappa shape index (κ3) is 2.93. The second-order valence-corrected chi connectivity index (χ2v) is 5.85. The van der Waals surface area contributed by atoms with Gasteiger partial charge in [0.25, 0.3) is 0 Å². The number of hydrogen-bond acceptors (Lipinski definition) is 3. The molecule has 1 aromatic carbocycles. The number of rotatable bonds is 4. The molecule has 1 aliphatic heterocycles. The molecule has 1 saturated carbocycles. The van der Waals surface area contributed by atoms with Gasteiger partial charge in [0.1, 0.15) is 0 Å². The third-order valence-electron chi connectivity index (χ3n) is 4.35. The molecule has 5 heteroatoms. The number of amides is 3. The highest BCUT2D eigenvalue weighted by Gasteiger charge is 2.39. The van der Waals surface area contributed by atoms with Crippen LogP contribution in [0.4, 0.5) is 4.79 Å². The van der Waals surface area contributed by atoms with Crippen LogP contribution in [0.15, 0.2) is 30.3 Å². The number of carbonyl (C=O) groups is 2. The number of nitrogens with zero attached hydrogens (tertiary/aromatic N) is 1. The van der Waals surface area contributed by atoms with Gasteiger partial charge in [0, 0.05) is 12.1 Å². The Morgan fingerprint density at radius 1 is 1.24 bits per heavy atom. The van der Waals surface area contributed by atoms with Gasteiger partial charge in [-0.25, -0.2) is 4.79 Å². The first kappa shape index (κ1) is 14.1. The van der Waals surface area contributed by atoms with E-state index in [0.717, 1.165) is 24.8 Å². The van der Waals surface area contributed by atoms with Crippen molar-refractivity contribution in [3.8, 4) is 0 Å². The predicted octanol–water partition coefficient (Wildman–Crippen LogP) is 2.16. The molecule has 1 aliphatic carbocycles. The average molecular weight is 287 g/mol. The van der Waals surface area contributed by atoms with Crippen molar-refractivity contribution in [3.05, 3.63) is 35.9 Å². The highest BCUT2D eigenvalue weighted by Crippen LogP contribution is 2.27. The normalized spacial score (nSPS) is 24.4. The SMILES string of the molecule is C[C@H](NC1CC(=O)N(C2CCC2)C(=O)N1)c1ccccc1. The first-order chi connectivity index (χ1) is 10.1. The monoisotopic (exact) mass is 287 g/mol. The number of hydrogen-bond donors (Lipinski definition) is 2. The summed E-state index contributed by atoms with van der Waals surface area (Å²) in [5, 5.41) is 6.21. The zero-order valence-electron chi connectivity index (χ0n) is 12.2. The van der Waals surface area contributed by atoms with Crippen molar-refractivity contribution in [2.75, 3.05) is 0 Å². The van der Waals surface area contributed by atoms with Crippen LogP contribution in [-0.4, -0.2) is 29.0 Å². The topological polar surface area (TPSA) is 61.4 Å². The smallest absolute Gasteiger partial charge is 0.322 e. The maximum absolute atomic E-state index is 12.2. The van der Waals surface area contributed by atoms with Crippen molar-refractivity contribution in [1.82, 2.24) is 15.5 Å². The molecule has 21 heavy (non-hydrogen) atoms. The Balaban J connectivity index is 1.61. The van der Waals surface area contributed by atoms with E-state index in [-0.39, 0.29) is 30.2 Å². The standard InChI is InChI=1S/C16H21N3O2/c1-11(12-6-3-2-4-7-12)17-14-10-15(20)19(16(21)18-14)13-8-5-9-13/h2-4,6-7,11,13-14,17H,5,8-10H2,1H3,(H,18,21)/t11-,14?/m0/s1. The lowest BCUT2D eigenvalue weighted by molar-refractivity contribution is -0.133. The Morgan fingerprint density at radius 2 is 1.95 bits per heavy atom. The van der Waals surface area contributed by atoms with Gasteiger partial charge in [0.15, 0.2) is 0 Å². The van der Waals surface area contributed by atoms with Crippen LogP contribution < -0.4 is 10.6 Å². The van der Waals surface area contributed by atoms with Crippen molar-refractivity contribution in [2.24, 2.45) is 0 Å². The Bertz CT molecular complexity index is 510. The first-order valence-electron chi connectivity index (χ1n) is 7.58. The van der Waals surface area contributed by atoms with Crippen LogP contribution in [0, 0.1) is 0 Å². The number of nitrogens with one attached hydrogen (secondary N) is 2. The molecule has 112 valence electrons. The molecule has 5 nitrogen and oxygen atoms in total. The second kappa shape index (κ2) is 5.85. The van der Waals surface area contributed by atoms with Crippen LogP contribution in [0.2, 0.25) is 0 Å². The largest absolute Gasteiger partial charge is 0.325 e. The lowest BCUT2D eigenvalue weighted by atomic mass is 9.91. The fourth-order valence-corrected chi connectivity index (χ4v) is 2.91. The Labute approximate surface area is 124 Å². The zero-order valence-corrected chi connectivity index (χ0v) is 12.2. The van der Waals surface area contributed by atoms with Gasteiger partial charge in [-0.15, -0.1) is 0 Å². The van der Waals surface area contributed by atoms with E-state index in [0.29, 0.717) is 6.42 Å². The summed E-state index contributed by atoms with van der Waals surface area (Å²) in [6.45, 7) is 2.03. The molecule has 2 fully saturated rings.